The van der Waals surface area contributed by atoms with Crippen molar-refractivity contribution in [1.29, 1.82) is 0 Å². The molecule has 0 aliphatic carbocycles. The van der Waals surface area contributed by atoms with Gasteiger partial charge in [0.2, 0.25) is 0 Å². The van der Waals surface area contributed by atoms with Crippen LogP contribution in [0.3, 0.4) is 0 Å². The van der Waals surface area contributed by atoms with Crippen molar-refractivity contribution in [1.82, 2.24) is 4.90 Å². The number of halogens is 1. The first kappa shape index (κ1) is 48.1. The predicted molar refractivity (Wildman–Crippen MR) is 187 cm³/mol. The molecule has 0 spiro atoms. The second kappa shape index (κ2) is 38.4. The molecular weight excluding hydrogens is 666 g/mol. The molecule has 0 aromatic rings. The van der Waals surface area contributed by atoms with Gasteiger partial charge in [-0.05, 0) is 33.6 Å². The van der Waals surface area contributed by atoms with Crippen molar-refractivity contribution in [3.05, 3.63) is 0 Å². The summed E-state index contributed by atoms with van der Waals surface area (Å²) in [5.74, 6) is 0.740. The second-order valence-electron chi connectivity index (χ2n) is 11.7. The van der Waals surface area contributed by atoms with Crippen LogP contribution < -0.4 is 0 Å². The molecule has 0 fully saturated rings. The van der Waals surface area contributed by atoms with Crippen LogP contribution in [0.15, 0.2) is 0 Å². The number of alkyl halides is 1. The fourth-order valence-electron chi connectivity index (χ4n) is 3.59. The number of unbranched alkanes of at least 4 members (excludes halogenated alkanes) is 3. The maximum Gasteiger partial charge on any atom is 0.410 e. The van der Waals surface area contributed by atoms with Gasteiger partial charge in [0.1, 0.15) is 5.60 Å². The lowest BCUT2D eigenvalue weighted by atomic mass is 10.2. The summed E-state index contributed by atoms with van der Waals surface area (Å²) in [5, 5.41) is 0. The number of hydrogen-bond acceptors (Lipinski definition) is 13. The zero-order valence-corrected chi connectivity index (χ0v) is 31.7. The molecule has 1 amide bonds. The Morgan fingerprint density at radius 3 is 0.980 bits per heavy atom. The van der Waals surface area contributed by atoms with E-state index in [-0.39, 0.29) is 6.09 Å². The molecule has 0 N–H and O–H groups in total. The Bertz CT molecular complexity index is 676. The zero-order chi connectivity index (χ0) is 35.9. The summed E-state index contributed by atoms with van der Waals surface area (Å²) in [4.78, 5) is 13.3. The Hall–Kier alpha value is -0.880. The fraction of sp³-hybridized carbons (Fsp3) is 0.971. The van der Waals surface area contributed by atoms with Crippen LogP contribution in [-0.2, 0) is 56.8 Å². The third kappa shape index (κ3) is 41.4. The van der Waals surface area contributed by atoms with Gasteiger partial charge in [0.05, 0.1) is 139 Å². The summed E-state index contributed by atoms with van der Waals surface area (Å²) >= 11 is 5.65. The van der Waals surface area contributed by atoms with Crippen LogP contribution in [0.2, 0.25) is 0 Å². The Morgan fingerprint density at radius 2 is 0.694 bits per heavy atom. The van der Waals surface area contributed by atoms with Gasteiger partial charge in [-0.2, -0.15) is 0 Å². The SMILES string of the molecule is CN(CCOCCOCCOCCOCCOCCOCCOCCOCCOCCOCCOCCCCCCCl)C(=O)OC(C)(C)C. The number of amides is 1. The van der Waals surface area contributed by atoms with Crippen LogP contribution in [0.1, 0.15) is 46.5 Å². The minimum Gasteiger partial charge on any atom is -0.444 e. The second-order valence-corrected chi connectivity index (χ2v) is 12.1. The topological polar surface area (TPSA) is 131 Å². The molecule has 14 nitrogen and oxygen atoms in total. The largest absolute Gasteiger partial charge is 0.444 e. The van der Waals surface area contributed by atoms with Gasteiger partial charge in [0.15, 0.2) is 0 Å². The van der Waals surface area contributed by atoms with Crippen molar-refractivity contribution < 1.29 is 61.6 Å². The smallest absolute Gasteiger partial charge is 0.410 e. The molecule has 15 heteroatoms. The maximum atomic E-state index is 11.9. The van der Waals surface area contributed by atoms with E-state index in [1.54, 1.807) is 7.05 Å². The van der Waals surface area contributed by atoms with E-state index < -0.39 is 5.60 Å². The molecule has 0 aliphatic heterocycles. The monoisotopic (exact) mass is 733 g/mol. The summed E-state index contributed by atoms with van der Waals surface area (Å²) in [6.45, 7) is 17.4. The Labute approximate surface area is 300 Å². The molecule has 0 heterocycles. The lowest BCUT2D eigenvalue weighted by Crippen LogP contribution is -2.36. The van der Waals surface area contributed by atoms with E-state index in [9.17, 15) is 4.79 Å². The highest BCUT2D eigenvalue weighted by molar-refractivity contribution is 6.17. The summed E-state index contributed by atoms with van der Waals surface area (Å²) < 4.78 is 65.6. The van der Waals surface area contributed by atoms with E-state index in [0.29, 0.717) is 145 Å². The van der Waals surface area contributed by atoms with Gasteiger partial charge in [-0.1, -0.05) is 12.8 Å². The number of hydrogen-bond donors (Lipinski definition) is 0. The summed E-state index contributed by atoms with van der Waals surface area (Å²) in [6.07, 6.45) is 4.12. The Kier molecular flexibility index (Phi) is 37.7. The van der Waals surface area contributed by atoms with Crippen molar-refractivity contribution in [2.24, 2.45) is 0 Å². The molecule has 49 heavy (non-hydrogen) atoms. The molecule has 0 rings (SSSR count). The quantitative estimate of drug-likeness (QED) is 0.0671. The van der Waals surface area contributed by atoms with Gasteiger partial charge < -0.3 is 61.7 Å². The third-order valence-corrected chi connectivity index (χ3v) is 6.44. The highest BCUT2D eigenvalue weighted by Crippen LogP contribution is 2.08. The summed E-state index contributed by atoms with van der Waals surface area (Å²) in [6, 6.07) is 0. The minimum absolute atomic E-state index is 0.364. The average Bonchev–Trinajstić information content (AvgIpc) is 3.06. The van der Waals surface area contributed by atoms with Crippen molar-refractivity contribution in [3.8, 4) is 0 Å². The Balaban J connectivity index is 3.13. The number of nitrogens with zero attached hydrogens (tertiary/aromatic N) is 1. The molecule has 0 atom stereocenters. The zero-order valence-electron chi connectivity index (χ0n) is 30.9. The van der Waals surface area contributed by atoms with Gasteiger partial charge in [-0.25, -0.2) is 4.79 Å². The number of ether oxygens (including phenoxy) is 12. The van der Waals surface area contributed by atoms with E-state index in [0.717, 1.165) is 31.7 Å². The van der Waals surface area contributed by atoms with Gasteiger partial charge in [-0.15, -0.1) is 11.6 Å². The normalized spacial score (nSPS) is 11.8. The molecule has 0 aromatic heterocycles. The van der Waals surface area contributed by atoms with Crippen LogP contribution in [0.5, 0.6) is 0 Å². The molecule has 0 saturated carbocycles. The van der Waals surface area contributed by atoms with Crippen LogP contribution in [0.4, 0.5) is 4.79 Å². The van der Waals surface area contributed by atoms with Crippen LogP contribution >= 0.6 is 11.6 Å². The lowest BCUT2D eigenvalue weighted by molar-refractivity contribution is -0.0277. The van der Waals surface area contributed by atoms with Crippen molar-refractivity contribution in [2.75, 3.05) is 165 Å². The highest BCUT2D eigenvalue weighted by atomic mass is 35.5. The van der Waals surface area contributed by atoms with E-state index in [2.05, 4.69) is 0 Å². The van der Waals surface area contributed by atoms with Gasteiger partial charge in [0.25, 0.3) is 0 Å². The summed E-state index contributed by atoms with van der Waals surface area (Å²) in [5.41, 5.74) is -0.510. The standard InChI is InChI=1S/C34H68ClNO13/c1-34(2,3)49-33(37)36(4)10-12-39-14-16-41-18-20-43-22-24-45-26-28-47-30-32-48-31-29-46-27-25-44-23-21-42-19-17-40-15-13-38-11-8-6-5-7-9-35/h5-32H2,1-4H3. The fourth-order valence-corrected chi connectivity index (χ4v) is 3.77. The van der Waals surface area contributed by atoms with Gasteiger partial charge in [-0.3, -0.25) is 0 Å². The maximum absolute atomic E-state index is 11.9. The molecule has 0 aliphatic rings. The number of carbonyl (C=O) groups excluding carboxylic acids is 1. The van der Waals surface area contributed by atoms with E-state index in [1.807, 2.05) is 20.8 Å². The highest BCUT2D eigenvalue weighted by Gasteiger charge is 2.19. The van der Waals surface area contributed by atoms with Crippen LogP contribution in [0.25, 0.3) is 0 Å². The van der Waals surface area contributed by atoms with Crippen LogP contribution in [0, 0.1) is 0 Å². The summed E-state index contributed by atoms with van der Waals surface area (Å²) in [7, 11) is 1.68. The van der Waals surface area contributed by atoms with Crippen molar-refractivity contribution >= 4 is 17.7 Å². The van der Waals surface area contributed by atoms with Crippen LogP contribution in [-0.4, -0.2) is 181 Å². The predicted octanol–water partition coefficient (Wildman–Crippen LogP) is 3.84. The third-order valence-electron chi connectivity index (χ3n) is 6.17. The molecule has 0 unspecified atom stereocenters. The lowest BCUT2D eigenvalue weighted by Gasteiger charge is -2.24. The number of likely N-dealkylation sites (N-methyl/N-ethyl adjacent to an activating group) is 1. The first-order valence-corrected chi connectivity index (χ1v) is 18.3. The van der Waals surface area contributed by atoms with E-state index in [1.165, 1.54) is 11.3 Å². The first-order chi connectivity index (χ1) is 23.9. The van der Waals surface area contributed by atoms with Gasteiger partial charge in [0, 0.05) is 26.1 Å². The molecular formula is C34H68ClNO13. The average molecular weight is 734 g/mol. The number of carbonyl (C=O) groups is 1. The minimum atomic E-state index is -0.510. The molecule has 294 valence electrons. The first-order valence-electron chi connectivity index (χ1n) is 17.7. The molecule has 0 bridgehead atoms. The molecule has 0 radical (unpaired) electrons. The number of rotatable bonds is 39. The molecule has 0 aromatic carbocycles. The Morgan fingerprint density at radius 1 is 0.429 bits per heavy atom. The van der Waals surface area contributed by atoms with E-state index >= 15 is 0 Å². The van der Waals surface area contributed by atoms with Gasteiger partial charge >= 0.3 is 6.09 Å². The molecule has 0 saturated heterocycles. The van der Waals surface area contributed by atoms with E-state index in [4.69, 9.17) is 68.4 Å². The van der Waals surface area contributed by atoms with Crippen molar-refractivity contribution in [3.63, 3.8) is 0 Å². The van der Waals surface area contributed by atoms with Crippen molar-refractivity contribution in [2.45, 2.75) is 52.1 Å².